The van der Waals surface area contributed by atoms with Crippen molar-refractivity contribution in [3.63, 3.8) is 0 Å². The van der Waals surface area contributed by atoms with E-state index in [2.05, 4.69) is 26.0 Å². The second-order valence-electron chi connectivity index (χ2n) is 3.97. The molecule has 20 heavy (non-hydrogen) atoms. The van der Waals surface area contributed by atoms with Crippen LogP contribution in [0, 0.1) is 5.82 Å². The summed E-state index contributed by atoms with van der Waals surface area (Å²) in [6.45, 7) is -2.56. The molecule has 0 aromatic heterocycles. The largest absolute Gasteiger partial charge is 0.432 e. The molecule has 2 aromatic rings. The van der Waals surface area contributed by atoms with Crippen molar-refractivity contribution < 1.29 is 17.9 Å². The lowest BCUT2D eigenvalue weighted by molar-refractivity contribution is -0.0521. The van der Waals surface area contributed by atoms with Gasteiger partial charge in [-0.15, -0.1) is 0 Å². The first-order chi connectivity index (χ1) is 9.56. The molecule has 0 bridgehead atoms. The monoisotopic (exact) mass is 345 g/mol. The van der Waals surface area contributed by atoms with Crippen LogP contribution in [0.3, 0.4) is 0 Å². The fraction of sp³-hybridized carbons (Fsp3) is 0.143. The van der Waals surface area contributed by atoms with E-state index in [-0.39, 0.29) is 0 Å². The Morgan fingerprint density at radius 2 is 1.90 bits per heavy atom. The molecule has 0 fully saturated rings. The van der Waals surface area contributed by atoms with Crippen LogP contribution in [-0.4, -0.2) is 6.61 Å². The van der Waals surface area contributed by atoms with Crippen molar-refractivity contribution in [3.8, 4) is 5.75 Å². The summed E-state index contributed by atoms with van der Waals surface area (Å²) in [6, 6.07) is 11.4. The summed E-state index contributed by atoms with van der Waals surface area (Å²) in [5.74, 6) is -1.30. The Balaban J connectivity index is 2.04. The van der Waals surface area contributed by atoms with E-state index in [0.29, 0.717) is 12.2 Å². The minimum absolute atomic E-state index is 0.466. The number of hydrogen-bond acceptors (Lipinski definition) is 2. The van der Waals surface area contributed by atoms with Crippen molar-refractivity contribution in [1.82, 2.24) is 0 Å². The molecule has 2 rings (SSSR count). The Bertz CT molecular complexity index is 592. The summed E-state index contributed by atoms with van der Waals surface area (Å²) >= 11 is 3.41. The van der Waals surface area contributed by atoms with E-state index in [1.807, 2.05) is 24.3 Å². The first-order valence-corrected chi connectivity index (χ1v) is 6.57. The average molecular weight is 346 g/mol. The molecule has 0 aliphatic rings. The van der Waals surface area contributed by atoms with Crippen LogP contribution in [0.4, 0.5) is 18.9 Å². The van der Waals surface area contributed by atoms with Crippen molar-refractivity contribution in [2.45, 2.75) is 13.2 Å². The molecule has 0 spiro atoms. The summed E-state index contributed by atoms with van der Waals surface area (Å²) in [5.41, 5.74) is 1.49. The second-order valence-corrected chi connectivity index (χ2v) is 4.82. The average Bonchev–Trinajstić information content (AvgIpc) is 2.40. The van der Waals surface area contributed by atoms with Gasteiger partial charge < -0.3 is 10.1 Å². The van der Waals surface area contributed by atoms with Crippen LogP contribution in [0.15, 0.2) is 46.9 Å². The quantitative estimate of drug-likeness (QED) is 0.840. The molecule has 2 nitrogen and oxygen atoms in total. The van der Waals surface area contributed by atoms with Crippen LogP contribution in [0.5, 0.6) is 5.75 Å². The number of hydrogen-bond donors (Lipinski definition) is 1. The normalized spacial score (nSPS) is 10.7. The Morgan fingerprint density at radius 1 is 1.15 bits per heavy atom. The van der Waals surface area contributed by atoms with Crippen LogP contribution in [-0.2, 0) is 6.54 Å². The highest BCUT2D eigenvalue weighted by atomic mass is 79.9. The van der Waals surface area contributed by atoms with Gasteiger partial charge in [-0.25, -0.2) is 4.39 Å². The van der Waals surface area contributed by atoms with Gasteiger partial charge in [0.1, 0.15) is 0 Å². The van der Waals surface area contributed by atoms with E-state index in [1.165, 1.54) is 12.1 Å². The number of benzene rings is 2. The molecule has 1 N–H and O–H groups in total. The van der Waals surface area contributed by atoms with Gasteiger partial charge in [-0.3, -0.25) is 0 Å². The topological polar surface area (TPSA) is 21.3 Å². The number of alkyl halides is 2. The highest BCUT2D eigenvalue weighted by Gasteiger charge is 2.10. The van der Waals surface area contributed by atoms with Crippen molar-refractivity contribution in [2.75, 3.05) is 5.32 Å². The smallest absolute Gasteiger partial charge is 0.387 e. The molecule has 6 heteroatoms. The van der Waals surface area contributed by atoms with E-state index in [4.69, 9.17) is 0 Å². The zero-order valence-electron chi connectivity index (χ0n) is 10.2. The van der Waals surface area contributed by atoms with Gasteiger partial charge in [0.15, 0.2) is 11.6 Å². The van der Waals surface area contributed by atoms with Gasteiger partial charge in [-0.2, -0.15) is 8.78 Å². The number of anilines is 1. The Labute approximate surface area is 122 Å². The predicted octanol–water partition coefficient (Wildman–Crippen LogP) is 4.80. The maximum absolute atomic E-state index is 13.5. The summed E-state index contributed by atoms with van der Waals surface area (Å²) in [6.07, 6.45) is 0. The molecule has 0 saturated carbocycles. The van der Waals surface area contributed by atoms with Crippen LogP contribution < -0.4 is 10.1 Å². The molecule has 0 heterocycles. The number of nitrogens with one attached hydrogen (secondary N) is 1. The third-order valence-electron chi connectivity index (χ3n) is 2.59. The minimum atomic E-state index is -3.04. The lowest BCUT2D eigenvalue weighted by Gasteiger charge is -2.10. The predicted molar refractivity (Wildman–Crippen MR) is 74.5 cm³/mol. The molecular weight excluding hydrogens is 335 g/mol. The third-order valence-corrected chi connectivity index (χ3v) is 3.36. The van der Waals surface area contributed by atoms with E-state index < -0.39 is 18.2 Å². The van der Waals surface area contributed by atoms with Crippen molar-refractivity contribution in [3.05, 3.63) is 58.3 Å². The third kappa shape index (κ3) is 3.90. The first-order valence-electron chi connectivity index (χ1n) is 5.78. The van der Waals surface area contributed by atoms with Crippen LogP contribution in [0.1, 0.15) is 5.56 Å². The van der Waals surface area contributed by atoms with Crippen LogP contribution in [0.25, 0.3) is 0 Å². The highest BCUT2D eigenvalue weighted by Crippen LogP contribution is 2.24. The second kappa shape index (κ2) is 6.65. The van der Waals surface area contributed by atoms with E-state index in [0.717, 1.165) is 16.1 Å². The molecule has 0 unspecified atom stereocenters. The fourth-order valence-electron chi connectivity index (χ4n) is 1.64. The fourth-order valence-corrected chi connectivity index (χ4v) is 2.07. The van der Waals surface area contributed by atoms with E-state index in [9.17, 15) is 13.2 Å². The van der Waals surface area contributed by atoms with Gasteiger partial charge in [-0.05, 0) is 23.8 Å². The Kier molecular flexibility index (Phi) is 4.89. The molecule has 0 saturated heterocycles. The van der Waals surface area contributed by atoms with Gasteiger partial charge in [0, 0.05) is 22.8 Å². The molecule has 0 amide bonds. The number of ether oxygens (including phenoxy) is 1. The van der Waals surface area contributed by atoms with Gasteiger partial charge >= 0.3 is 6.61 Å². The van der Waals surface area contributed by atoms with E-state index in [1.54, 1.807) is 0 Å². The molecular formula is C14H11BrF3NO. The zero-order chi connectivity index (χ0) is 14.5. The lowest BCUT2D eigenvalue weighted by Crippen LogP contribution is -2.05. The van der Waals surface area contributed by atoms with Gasteiger partial charge in [0.2, 0.25) is 0 Å². The van der Waals surface area contributed by atoms with Gasteiger partial charge in [0.05, 0.1) is 0 Å². The van der Waals surface area contributed by atoms with Crippen molar-refractivity contribution in [2.24, 2.45) is 0 Å². The summed E-state index contributed by atoms with van der Waals surface area (Å²) in [5, 5.41) is 3.01. The minimum Gasteiger partial charge on any atom is -0.432 e. The Hall–Kier alpha value is -1.69. The summed E-state index contributed by atoms with van der Waals surface area (Å²) in [4.78, 5) is 0. The SMILES string of the molecule is Fc1cc(NCc2ccccc2Br)ccc1OC(F)F. The first kappa shape index (κ1) is 14.7. The number of rotatable bonds is 5. The van der Waals surface area contributed by atoms with Crippen LogP contribution >= 0.6 is 15.9 Å². The molecule has 0 aliphatic heterocycles. The number of halogens is 4. The molecule has 0 aliphatic carbocycles. The maximum atomic E-state index is 13.5. The van der Waals surface area contributed by atoms with E-state index >= 15 is 0 Å². The van der Waals surface area contributed by atoms with Gasteiger partial charge in [-0.1, -0.05) is 34.1 Å². The maximum Gasteiger partial charge on any atom is 0.387 e. The molecule has 106 valence electrons. The zero-order valence-corrected chi connectivity index (χ0v) is 11.8. The van der Waals surface area contributed by atoms with Crippen LogP contribution in [0.2, 0.25) is 0 Å². The van der Waals surface area contributed by atoms with Gasteiger partial charge in [0.25, 0.3) is 0 Å². The standard InChI is InChI=1S/C14H11BrF3NO/c15-11-4-2-1-3-9(11)8-19-10-5-6-13(12(16)7-10)20-14(17)18/h1-7,14,19H,8H2. The molecule has 0 atom stereocenters. The van der Waals surface area contributed by atoms with Crippen molar-refractivity contribution >= 4 is 21.6 Å². The molecule has 0 radical (unpaired) electrons. The lowest BCUT2D eigenvalue weighted by atomic mass is 10.2. The van der Waals surface area contributed by atoms with Crippen molar-refractivity contribution in [1.29, 1.82) is 0 Å². The Morgan fingerprint density at radius 3 is 2.55 bits per heavy atom. The highest BCUT2D eigenvalue weighted by molar-refractivity contribution is 9.10. The summed E-state index contributed by atoms with van der Waals surface area (Å²) < 4.78 is 42.5. The summed E-state index contributed by atoms with van der Waals surface area (Å²) in [7, 11) is 0. The molecule has 2 aromatic carbocycles.